The molecule has 0 saturated heterocycles. The molecule has 0 radical (unpaired) electrons. The first-order valence-electron chi connectivity index (χ1n) is 12.8. The molecule has 0 N–H and O–H groups in total. The van der Waals surface area contributed by atoms with E-state index in [2.05, 4.69) is 4.57 Å². The molecule has 0 aliphatic heterocycles. The van der Waals surface area contributed by atoms with Gasteiger partial charge in [-0.1, -0.05) is 72.5 Å². The molecule has 0 amide bonds. The van der Waals surface area contributed by atoms with E-state index in [1.165, 1.54) is 7.11 Å². The van der Waals surface area contributed by atoms with Gasteiger partial charge >= 0.3 is 5.97 Å². The second kappa shape index (κ2) is 9.04. The molecule has 0 spiro atoms. The van der Waals surface area contributed by atoms with Crippen molar-refractivity contribution in [2.24, 2.45) is 0 Å². The molecule has 1 aliphatic rings. The lowest BCUT2D eigenvalue weighted by Gasteiger charge is -2.13. The third-order valence-corrected chi connectivity index (χ3v) is 7.52. The zero-order chi connectivity index (χ0) is 25.7. The minimum Gasteiger partial charge on any atom is -0.465 e. The zero-order valence-corrected chi connectivity index (χ0v) is 21.3. The van der Waals surface area contributed by atoms with Crippen LogP contribution in [-0.2, 0) is 4.74 Å². The second-order valence-corrected chi connectivity index (χ2v) is 10.0. The van der Waals surface area contributed by atoms with Crippen LogP contribution < -0.4 is 0 Å². The highest BCUT2D eigenvalue weighted by molar-refractivity contribution is 6.13. The molecule has 6 nitrogen and oxygen atoms in total. The van der Waals surface area contributed by atoms with Crippen molar-refractivity contribution in [2.75, 3.05) is 7.11 Å². The van der Waals surface area contributed by atoms with E-state index < -0.39 is 5.97 Å². The summed E-state index contributed by atoms with van der Waals surface area (Å²) in [6, 6.07) is 21.6. The number of aromatic nitrogens is 3. The highest BCUT2D eigenvalue weighted by Gasteiger charge is 2.30. The van der Waals surface area contributed by atoms with Gasteiger partial charge in [0.1, 0.15) is 11.4 Å². The van der Waals surface area contributed by atoms with Crippen LogP contribution in [0.3, 0.4) is 0 Å². The fourth-order valence-electron chi connectivity index (χ4n) is 5.54. The van der Waals surface area contributed by atoms with Gasteiger partial charge in [-0.2, -0.15) is 0 Å². The Balaban J connectivity index is 1.71. The highest BCUT2D eigenvalue weighted by atomic mass is 16.5. The zero-order valence-electron chi connectivity index (χ0n) is 21.3. The van der Waals surface area contributed by atoms with Crippen LogP contribution in [0.4, 0.5) is 0 Å². The summed E-state index contributed by atoms with van der Waals surface area (Å²) < 4.78 is 9.24. The Bertz CT molecular complexity index is 1650. The van der Waals surface area contributed by atoms with Crippen molar-refractivity contribution >= 4 is 28.6 Å². The van der Waals surface area contributed by atoms with Gasteiger partial charge in [-0.05, 0) is 44.9 Å². The normalized spacial score (nSPS) is 14.0. The van der Waals surface area contributed by atoms with Crippen molar-refractivity contribution in [3.8, 4) is 11.3 Å². The maximum Gasteiger partial charge on any atom is 0.337 e. The number of methoxy groups -OCH3 is 1. The highest BCUT2D eigenvalue weighted by Crippen LogP contribution is 2.38. The quantitative estimate of drug-likeness (QED) is 0.203. The number of esters is 1. The number of rotatable bonds is 5. The summed E-state index contributed by atoms with van der Waals surface area (Å²) in [5.41, 5.74) is 7.08. The Labute approximate surface area is 215 Å². The van der Waals surface area contributed by atoms with Gasteiger partial charge in [0.2, 0.25) is 11.6 Å². The molecule has 0 bridgehead atoms. The number of carbonyl (C=O) groups excluding carboxylic acids is 2. The van der Waals surface area contributed by atoms with Gasteiger partial charge in [0, 0.05) is 17.2 Å². The number of ketones is 1. The first-order valence-corrected chi connectivity index (χ1v) is 12.8. The first-order chi connectivity index (χ1) is 18.0. The van der Waals surface area contributed by atoms with Crippen LogP contribution in [0.5, 0.6) is 0 Å². The second-order valence-electron chi connectivity index (χ2n) is 10.0. The lowest BCUT2D eigenvalue weighted by Crippen LogP contribution is -2.07. The smallest absolute Gasteiger partial charge is 0.337 e. The molecule has 186 valence electrons. The third kappa shape index (κ3) is 3.84. The van der Waals surface area contributed by atoms with Gasteiger partial charge in [-0.25, -0.2) is 9.78 Å². The van der Waals surface area contributed by atoms with Crippen LogP contribution in [-0.4, -0.2) is 32.8 Å². The van der Waals surface area contributed by atoms with Crippen molar-refractivity contribution < 1.29 is 14.3 Å². The average Bonchev–Trinajstić information content (AvgIpc) is 3.64. The summed E-state index contributed by atoms with van der Waals surface area (Å²) in [4.78, 5) is 31.8. The van der Waals surface area contributed by atoms with Gasteiger partial charge in [0.25, 0.3) is 0 Å². The lowest BCUT2D eigenvalue weighted by atomic mass is 10.0. The van der Waals surface area contributed by atoms with Crippen molar-refractivity contribution in [2.45, 2.75) is 45.6 Å². The summed E-state index contributed by atoms with van der Waals surface area (Å²) in [5, 5.41) is 0. The van der Waals surface area contributed by atoms with Crippen LogP contribution in [0.15, 0.2) is 66.7 Å². The molecule has 3 aromatic carbocycles. The van der Waals surface area contributed by atoms with Crippen LogP contribution >= 0.6 is 0 Å². The molecule has 6 heteroatoms. The number of aryl methyl sites for hydroxylation is 2. The molecule has 5 aromatic rings. The third-order valence-electron chi connectivity index (χ3n) is 7.52. The molecule has 6 rings (SSSR count). The first kappa shape index (κ1) is 23.2. The summed E-state index contributed by atoms with van der Waals surface area (Å²) in [6.45, 7) is 4.05. The van der Waals surface area contributed by atoms with E-state index in [4.69, 9.17) is 9.72 Å². The summed E-state index contributed by atoms with van der Waals surface area (Å²) in [7, 11) is 1.38. The van der Waals surface area contributed by atoms with E-state index in [0.717, 1.165) is 59.2 Å². The minimum atomic E-state index is -0.408. The van der Waals surface area contributed by atoms with Crippen molar-refractivity contribution in [1.29, 1.82) is 0 Å². The molecule has 2 aromatic heterocycles. The van der Waals surface area contributed by atoms with Crippen LogP contribution in [0.1, 0.15) is 69.3 Å². The van der Waals surface area contributed by atoms with Gasteiger partial charge < -0.3 is 9.30 Å². The Morgan fingerprint density at radius 2 is 1.46 bits per heavy atom. The molecule has 1 saturated carbocycles. The molecule has 2 heterocycles. The maximum atomic E-state index is 14.2. The van der Waals surface area contributed by atoms with E-state index in [0.29, 0.717) is 28.6 Å². The Hall–Kier alpha value is -4.19. The van der Waals surface area contributed by atoms with Crippen molar-refractivity contribution in [3.05, 3.63) is 94.7 Å². The van der Waals surface area contributed by atoms with E-state index >= 15 is 0 Å². The number of benzene rings is 3. The van der Waals surface area contributed by atoms with Gasteiger partial charge in [0.05, 0.1) is 23.7 Å². The summed E-state index contributed by atoms with van der Waals surface area (Å²) in [6.07, 6.45) is 4.45. The number of imidazole rings is 2. The molecular weight excluding hydrogens is 462 g/mol. The minimum absolute atomic E-state index is 0.1000. The van der Waals surface area contributed by atoms with E-state index in [1.54, 1.807) is 6.07 Å². The van der Waals surface area contributed by atoms with Crippen LogP contribution in [0.2, 0.25) is 0 Å². The number of nitrogens with zero attached hydrogens (tertiary/aromatic N) is 3. The average molecular weight is 492 g/mol. The Morgan fingerprint density at radius 3 is 2.11 bits per heavy atom. The monoisotopic (exact) mass is 491 g/mol. The predicted molar refractivity (Wildman–Crippen MR) is 144 cm³/mol. The fourth-order valence-corrected chi connectivity index (χ4v) is 5.54. The summed E-state index contributed by atoms with van der Waals surface area (Å²) in [5.74, 6) is 0.223. The van der Waals surface area contributed by atoms with Crippen LogP contribution in [0.25, 0.3) is 28.1 Å². The van der Waals surface area contributed by atoms with E-state index in [-0.39, 0.29) is 5.78 Å². The van der Waals surface area contributed by atoms with E-state index in [1.807, 2.05) is 78.9 Å². The molecule has 0 atom stereocenters. The molecule has 1 aliphatic carbocycles. The number of hydrogen-bond donors (Lipinski definition) is 0. The molecular formula is C31H29N3O3. The topological polar surface area (TPSA) is 65.6 Å². The van der Waals surface area contributed by atoms with Gasteiger partial charge in [0.15, 0.2) is 0 Å². The largest absolute Gasteiger partial charge is 0.465 e. The van der Waals surface area contributed by atoms with Crippen molar-refractivity contribution in [1.82, 2.24) is 14.0 Å². The van der Waals surface area contributed by atoms with Crippen molar-refractivity contribution in [3.63, 3.8) is 0 Å². The lowest BCUT2D eigenvalue weighted by molar-refractivity contribution is 0.0600. The summed E-state index contributed by atoms with van der Waals surface area (Å²) >= 11 is 0. The molecule has 37 heavy (non-hydrogen) atoms. The van der Waals surface area contributed by atoms with Gasteiger partial charge in [-0.3, -0.25) is 9.20 Å². The number of ether oxygens (including phenoxy) is 1. The number of hydrogen-bond acceptors (Lipinski definition) is 4. The predicted octanol–water partition coefficient (Wildman–Crippen LogP) is 6.71. The van der Waals surface area contributed by atoms with E-state index in [9.17, 15) is 9.59 Å². The maximum absolute atomic E-state index is 14.2. The molecule has 1 fully saturated rings. The van der Waals surface area contributed by atoms with Gasteiger partial charge in [-0.15, -0.1) is 0 Å². The fraction of sp³-hybridized carbons (Fsp3) is 0.258. The number of fused-ring (bicyclic) bond motifs is 3. The number of carbonyl (C=O) groups is 2. The standard InChI is InChI=1S/C31H29N3O3/c1-19-8-12-21(13-9-19)27-28(29(35)22-14-10-20(2)11-15-22)34-26-18-23(30(36)37-3)16-17-25(26)33(31(34)32-27)24-6-4-5-7-24/h8-18,24H,4-7H2,1-3H3. The molecule has 0 unspecified atom stereocenters. The Morgan fingerprint density at radius 1 is 0.838 bits per heavy atom. The Kier molecular flexibility index (Phi) is 5.67. The SMILES string of the molecule is COC(=O)c1ccc2c(c1)n1c(C(=O)c3ccc(C)cc3)c(-c3ccc(C)cc3)nc1n2C1CCCC1. The van der Waals surface area contributed by atoms with Crippen LogP contribution in [0, 0.1) is 13.8 Å².